The normalized spacial score (nSPS) is 14.1. The van der Waals surface area contributed by atoms with Gasteiger partial charge in [0.15, 0.2) is 0 Å². The van der Waals surface area contributed by atoms with Gasteiger partial charge in [0, 0.05) is 25.8 Å². The van der Waals surface area contributed by atoms with Gasteiger partial charge in [-0.25, -0.2) is 0 Å². The highest BCUT2D eigenvalue weighted by Gasteiger charge is 2.35. The van der Waals surface area contributed by atoms with Gasteiger partial charge in [-0.1, -0.05) is 31.2 Å². The molecule has 1 aliphatic heterocycles. The number of aryl methyl sites for hydroxylation is 1. The minimum Gasteiger partial charge on any atom is -0.385 e. The van der Waals surface area contributed by atoms with Crippen LogP contribution in [0.2, 0.25) is 0 Å². The summed E-state index contributed by atoms with van der Waals surface area (Å²) in [6.07, 6.45) is 1.54. The molecule has 3 rings (SSSR count). The summed E-state index contributed by atoms with van der Waals surface area (Å²) in [7, 11) is 1.58. The van der Waals surface area contributed by atoms with Crippen LogP contribution in [0, 0.1) is 0 Å². The Morgan fingerprint density at radius 1 is 1.07 bits per heavy atom. The molecule has 1 aliphatic rings. The molecule has 1 atom stereocenters. The fourth-order valence-electron chi connectivity index (χ4n) is 3.41. The molecule has 29 heavy (non-hydrogen) atoms. The zero-order valence-corrected chi connectivity index (χ0v) is 17.0. The van der Waals surface area contributed by atoms with Crippen LogP contribution in [0.1, 0.15) is 68.5 Å². The molecule has 0 saturated heterocycles. The second-order valence-corrected chi connectivity index (χ2v) is 7.16. The molecule has 2 aromatic rings. The molecule has 0 saturated carbocycles. The van der Waals surface area contributed by atoms with Crippen LogP contribution < -0.4 is 5.32 Å². The Morgan fingerprint density at radius 2 is 1.76 bits per heavy atom. The van der Waals surface area contributed by atoms with Crippen molar-refractivity contribution in [1.82, 2.24) is 10.2 Å². The van der Waals surface area contributed by atoms with Gasteiger partial charge >= 0.3 is 0 Å². The number of nitrogens with one attached hydrogen (secondary N) is 1. The third kappa shape index (κ3) is 4.38. The lowest BCUT2D eigenvalue weighted by Gasteiger charge is -2.15. The van der Waals surface area contributed by atoms with Gasteiger partial charge in [0.1, 0.15) is 0 Å². The third-order valence-electron chi connectivity index (χ3n) is 5.20. The van der Waals surface area contributed by atoms with Gasteiger partial charge < -0.3 is 10.1 Å². The summed E-state index contributed by atoms with van der Waals surface area (Å²) in [5.41, 5.74) is 3.23. The van der Waals surface area contributed by atoms with Crippen molar-refractivity contribution < 1.29 is 19.1 Å². The molecule has 3 amide bonds. The van der Waals surface area contributed by atoms with Crippen molar-refractivity contribution in [3.63, 3.8) is 0 Å². The van der Waals surface area contributed by atoms with Crippen LogP contribution >= 0.6 is 0 Å². The minimum absolute atomic E-state index is 0.176. The quantitative estimate of drug-likeness (QED) is 0.550. The van der Waals surface area contributed by atoms with Crippen LogP contribution in [0.25, 0.3) is 0 Å². The average molecular weight is 394 g/mol. The molecule has 2 aromatic carbocycles. The lowest BCUT2D eigenvalue weighted by Crippen LogP contribution is -2.31. The van der Waals surface area contributed by atoms with Crippen LogP contribution in [0.15, 0.2) is 42.5 Å². The number of imide groups is 1. The summed E-state index contributed by atoms with van der Waals surface area (Å²) < 4.78 is 4.98. The molecule has 0 aromatic heterocycles. The van der Waals surface area contributed by atoms with Gasteiger partial charge in [0.25, 0.3) is 17.7 Å². The van der Waals surface area contributed by atoms with E-state index >= 15 is 0 Å². The number of hydrogen-bond acceptors (Lipinski definition) is 4. The van der Waals surface area contributed by atoms with Crippen LogP contribution in [0.3, 0.4) is 0 Å². The van der Waals surface area contributed by atoms with Crippen molar-refractivity contribution in [3.8, 4) is 0 Å². The molecular weight excluding hydrogens is 368 g/mol. The Bertz CT molecular complexity index is 921. The van der Waals surface area contributed by atoms with E-state index in [1.54, 1.807) is 19.2 Å². The molecule has 0 bridgehead atoms. The Balaban J connectivity index is 1.72. The van der Waals surface area contributed by atoms with Crippen LogP contribution in [0.4, 0.5) is 0 Å². The summed E-state index contributed by atoms with van der Waals surface area (Å²) in [6.45, 7) is 4.78. The summed E-state index contributed by atoms with van der Waals surface area (Å²) in [5.74, 6) is -0.964. The van der Waals surface area contributed by atoms with Gasteiger partial charge in [-0.3, -0.25) is 19.3 Å². The Morgan fingerprint density at radius 3 is 2.41 bits per heavy atom. The number of hydrogen-bond donors (Lipinski definition) is 1. The summed E-state index contributed by atoms with van der Waals surface area (Å²) >= 11 is 0. The molecule has 0 fully saturated rings. The van der Waals surface area contributed by atoms with Gasteiger partial charge in [0.2, 0.25) is 0 Å². The molecule has 0 radical (unpaired) electrons. The number of benzene rings is 2. The van der Waals surface area contributed by atoms with Crippen molar-refractivity contribution in [2.24, 2.45) is 0 Å². The van der Waals surface area contributed by atoms with Gasteiger partial charge in [-0.15, -0.1) is 0 Å². The zero-order chi connectivity index (χ0) is 21.0. The topological polar surface area (TPSA) is 75.7 Å². The van der Waals surface area contributed by atoms with Crippen molar-refractivity contribution in [3.05, 3.63) is 70.3 Å². The van der Waals surface area contributed by atoms with Gasteiger partial charge in [0.05, 0.1) is 17.2 Å². The molecule has 6 nitrogen and oxygen atoms in total. The Hall–Kier alpha value is -2.99. The first-order valence-corrected chi connectivity index (χ1v) is 9.85. The highest BCUT2D eigenvalue weighted by Crippen LogP contribution is 2.24. The van der Waals surface area contributed by atoms with Crippen LogP contribution in [0.5, 0.6) is 0 Å². The summed E-state index contributed by atoms with van der Waals surface area (Å²) in [6, 6.07) is 12.6. The highest BCUT2D eigenvalue weighted by atomic mass is 16.5. The predicted molar refractivity (Wildman–Crippen MR) is 110 cm³/mol. The number of carbonyl (C=O) groups excluding carboxylic acids is 3. The third-order valence-corrected chi connectivity index (χ3v) is 5.20. The van der Waals surface area contributed by atoms with E-state index in [0.717, 1.165) is 12.0 Å². The molecule has 0 spiro atoms. The maximum Gasteiger partial charge on any atom is 0.261 e. The monoisotopic (exact) mass is 394 g/mol. The van der Waals surface area contributed by atoms with E-state index in [4.69, 9.17) is 4.74 Å². The SMILES string of the molecule is CCc1ccc([C@@H](C)NC(=O)c2ccc3c(c2)C(=O)N(CCCOC)C3=O)cc1. The number of carbonyl (C=O) groups is 3. The molecule has 6 heteroatoms. The van der Waals surface area contributed by atoms with E-state index in [9.17, 15) is 14.4 Å². The first-order chi connectivity index (χ1) is 14.0. The van der Waals surface area contributed by atoms with Crippen molar-refractivity contribution in [2.45, 2.75) is 32.7 Å². The number of rotatable bonds is 8. The maximum absolute atomic E-state index is 12.7. The van der Waals surface area contributed by atoms with Crippen molar-refractivity contribution >= 4 is 17.7 Å². The van der Waals surface area contributed by atoms with Gasteiger partial charge in [-0.05, 0) is 49.1 Å². The van der Waals surface area contributed by atoms with Crippen LogP contribution in [-0.2, 0) is 11.2 Å². The molecule has 0 aliphatic carbocycles. The fraction of sp³-hybridized carbons (Fsp3) is 0.348. The van der Waals surface area contributed by atoms with E-state index in [0.29, 0.717) is 30.7 Å². The smallest absolute Gasteiger partial charge is 0.261 e. The Labute approximate surface area is 170 Å². The largest absolute Gasteiger partial charge is 0.385 e. The van der Waals surface area contributed by atoms with E-state index in [2.05, 4.69) is 24.4 Å². The second kappa shape index (κ2) is 9.01. The lowest BCUT2D eigenvalue weighted by molar-refractivity contribution is 0.0638. The maximum atomic E-state index is 12.7. The molecule has 0 unspecified atom stereocenters. The van der Waals surface area contributed by atoms with Gasteiger partial charge in [-0.2, -0.15) is 0 Å². The lowest BCUT2D eigenvalue weighted by atomic mass is 10.0. The van der Waals surface area contributed by atoms with Crippen molar-refractivity contribution in [2.75, 3.05) is 20.3 Å². The van der Waals surface area contributed by atoms with Crippen LogP contribution in [-0.4, -0.2) is 42.9 Å². The number of methoxy groups -OCH3 is 1. The first-order valence-electron chi connectivity index (χ1n) is 9.85. The number of nitrogens with zero attached hydrogens (tertiary/aromatic N) is 1. The number of fused-ring (bicyclic) bond motifs is 1. The first kappa shape index (κ1) is 20.7. The molecule has 1 heterocycles. The van der Waals surface area contributed by atoms with E-state index < -0.39 is 0 Å². The molecular formula is C23H26N2O4. The average Bonchev–Trinajstić information content (AvgIpc) is 2.98. The van der Waals surface area contributed by atoms with E-state index in [1.807, 2.05) is 19.1 Å². The zero-order valence-electron chi connectivity index (χ0n) is 17.0. The molecule has 152 valence electrons. The predicted octanol–water partition coefficient (Wildman–Crippen LogP) is 3.37. The number of amides is 3. The van der Waals surface area contributed by atoms with E-state index in [-0.39, 0.29) is 29.3 Å². The summed E-state index contributed by atoms with van der Waals surface area (Å²) in [5, 5.41) is 2.95. The number of ether oxygens (including phenoxy) is 1. The minimum atomic E-state index is -0.362. The fourth-order valence-corrected chi connectivity index (χ4v) is 3.41. The second-order valence-electron chi connectivity index (χ2n) is 7.16. The Kier molecular flexibility index (Phi) is 6.44. The highest BCUT2D eigenvalue weighted by molar-refractivity contribution is 6.22. The van der Waals surface area contributed by atoms with Crippen molar-refractivity contribution in [1.29, 1.82) is 0 Å². The standard InChI is InChI=1S/C23H26N2O4/c1-4-16-6-8-17(9-7-16)15(2)24-21(26)18-10-11-19-20(14-18)23(28)25(22(19)27)12-5-13-29-3/h6-11,14-15H,4-5,12-13H2,1-3H3,(H,24,26)/t15-/m1/s1. The molecule has 1 N–H and O–H groups in total. The van der Waals surface area contributed by atoms with E-state index in [1.165, 1.54) is 16.5 Å². The summed E-state index contributed by atoms with van der Waals surface area (Å²) in [4.78, 5) is 39.0.